The van der Waals surface area contributed by atoms with Crippen LogP contribution in [-0.4, -0.2) is 30.2 Å². The molecule has 0 unspecified atom stereocenters. The lowest BCUT2D eigenvalue weighted by Crippen LogP contribution is -2.25. The molecule has 0 aliphatic rings. The Morgan fingerprint density at radius 3 is 2.76 bits per heavy atom. The fourth-order valence-electron chi connectivity index (χ4n) is 4.07. The van der Waals surface area contributed by atoms with Crippen molar-refractivity contribution < 1.29 is 9.32 Å². The summed E-state index contributed by atoms with van der Waals surface area (Å²) < 4.78 is 8.40. The number of aromatic nitrogens is 5. The van der Waals surface area contributed by atoms with Gasteiger partial charge in [-0.3, -0.25) is 14.2 Å². The number of nitrogens with one attached hydrogen (secondary N) is 1. The van der Waals surface area contributed by atoms with E-state index in [1.165, 1.54) is 10.9 Å². The number of aryl methyl sites for hydroxylation is 3. The van der Waals surface area contributed by atoms with Crippen LogP contribution in [0.5, 0.6) is 0 Å². The fourth-order valence-corrected chi connectivity index (χ4v) is 4.07. The highest BCUT2D eigenvalue weighted by Crippen LogP contribution is 2.25. The highest BCUT2D eigenvalue weighted by molar-refractivity contribution is 6.06. The Labute approximate surface area is 195 Å². The van der Waals surface area contributed by atoms with E-state index in [2.05, 4.69) is 20.4 Å². The van der Waals surface area contributed by atoms with Gasteiger partial charge in [-0.25, -0.2) is 4.98 Å². The van der Waals surface area contributed by atoms with Gasteiger partial charge in [-0.1, -0.05) is 42.4 Å². The highest BCUT2D eigenvalue weighted by Gasteiger charge is 2.19. The van der Waals surface area contributed by atoms with Gasteiger partial charge in [-0.15, -0.1) is 0 Å². The molecule has 1 N–H and O–H groups in total. The summed E-state index contributed by atoms with van der Waals surface area (Å²) in [6, 6.07) is 13.5. The van der Waals surface area contributed by atoms with E-state index in [1.807, 2.05) is 63.2 Å². The first-order valence-electron chi connectivity index (χ1n) is 11.1. The normalized spacial score (nSPS) is 11.4. The van der Waals surface area contributed by atoms with Crippen molar-refractivity contribution in [3.05, 3.63) is 82.0 Å². The van der Waals surface area contributed by atoms with Crippen LogP contribution in [0.25, 0.3) is 21.9 Å². The smallest absolute Gasteiger partial charge is 0.278 e. The van der Waals surface area contributed by atoms with Crippen LogP contribution in [-0.2, 0) is 24.3 Å². The molecule has 3 aromatic heterocycles. The zero-order valence-corrected chi connectivity index (χ0v) is 19.2. The number of para-hydroxylation sites is 1. The second-order valence-electron chi connectivity index (χ2n) is 8.30. The zero-order chi connectivity index (χ0) is 23.8. The van der Waals surface area contributed by atoms with Gasteiger partial charge < -0.3 is 14.4 Å². The standard InChI is InChI=1S/C25H24N6O3/c1-4-20-28-22(34-29-20)13-30-14-26-23-17-7-5-6-8-19(17)31(24(23)25(30)33)12-21(32)27-18-11-15(2)9-10-16(18)3/h5-11,14H,4,12-13H2,1-3H3,(H,27,32). The summed E-state index contributed by atoms with van der Waals surface area (Å²) in [5, 5.41) is 7.68. The number of carbonyl (C=O) groups is 1. The summed E-state index contributed by atoms with van der Waals surface area (Å²) in [5.74, 6) is 0.681. The van der Waals surface area contributed by atoms with E-state index in [9.17, 15) is 9.59 Å². The molecule has 0 bridgehead atoms. The molecule has 0 saturated heterocycles. The van der Waals surface area contributed by atoms with Crippen LogP contribution >= 0.6 is 0 Å². The van der Waals surface area contributed by atoms with Gasteiger partial charge in [0.1, 0.15) is 24.1 Å². The zero-order valence-electron chi connectivity index (χ0n) is 19.2. The maximum atomic E-state index is 13.5. The molecule has 172 valence electrons. The van der Waals surface area contributed by atoms with Gasteiger partial charge >= 0.3 is 0 Å². The maximum Gasteiger partial charge on any atom is 0.278 e. The van der Waals surface area contributed by atoms with Gasteiger partial charge in [-0.2, -0.15) is 4.98 Å². The Hall–Kier alpha value is -4.27. The molecule has 0 atom stereocenters. The largest absolute Gasteiger partial charge is 0.337 e. The van der Waals surface area contributed by atoms with Crippen LogP contribution in [0.3, 0.4) is 0 Å². The third-order valence-corrected chi connectivity index (χ3v) is 5.83. The van der Waals surface area contributed by atoms with E-state index in [0.29, 0.717) is 29.2 Å². The van der Waals surface area contributed by atoms with E-state index in [1.54, 1.807) is 4.57 Å². The Bertz CT molecular complexity index is 1590. The lowest BCUT2D eigenvalue weighted by atomic mass is 10.1. The van der Waals surface area contributed by atoms with Crippen molar-refractivity contribution in [2.24, 2.45) is 0 Å². The lowest BCUT2D eigenvalue weighted by Gasteiger charge is -2.11. The molecule has 0 radical (unpaired) electrons. The number of hydrogen-bond donors (Lipinski definition) is 1. The van der Waals surface area contributed by atoms with Crippen LogP contribution in [0.1, 0.15) is 29.8 Å². The van der Waals surface area contributed by atoms with E-state index >= 15 is 0 Å². The van der Waals surface area contributed by atoms with E-state index in [-0.39, 0.29) is 24.6 Å². The van der Waals surface area contributed by atoms with Crippen LogP contribution in [0.4, 0.5) is 5.69 Å². The number of amides is 1. The topological polar surface area (TPSA) is 108 Å². The molecule has 0 saturated carbocycles. The predicted molar refractivity (Wildman–Crippen MR) is 129 cm³/mol. The van der Waals surface area contributed by atoms with Gasteiger partial charge in [0, 0.05) is 17.5 Å². The molecule has 3 heterocycles. The SMILES string of the molecule is CCc1noc(Cn2cnc3c4ccccc4n(CC(=O)Nc4cc(C)ccc4C)c3c2=O)n1. The number of benzene rings is 2. The molecule has 5 rings (SSSR count). The summed E-state index contributed by atoms with van der Waals surface area (Å²) in [6.07, 6.45) is 2.12. The third kappa shape index (κ3) is 3.85. The number of fused-ring (bicyclic) bond motifs is 3. The number of nitrogens with zero attached hydrogens (tertiary/aromatic N) is 5. The van der Waals surface area contributed by atoms with E-state index in [4.69, 9.17) is 4.52 Å². The lowest BCUT2D eigenvalue weighted by molar-refractivity contribution is -0.116. The summed E-state index contributed by atoms with van der Waals surface area (Å²) in [5.41, 5.74) is 4.17. The molecule has 34 heavy (non-hydrogen) atoms. The van der Waals surface area contributed by atoms with Crippen molar-refractivity contribution in [3.8, 4) is 0 Å². The van der Waals surface area contributed by atoms with Crippen LogP contribution in [0, 0.1) is 13.8 Å². The van der Waals surface area contributed by atoms with Crippen molar-refractivity contribution in [1.82, 2.24) is 24.3 Å². The molecular weight excluding hydrogens is 432 g/mol. The number of carbonyl (C=O) groups excluding carboxylic acids is 1. The van der Waals surface area contributed by atoms with Crippen molar-refractivity contribution in [2.45, 2.75) is 40.3 Å². The Kier molecular flexibility index (Phi) is 5.45. The molecular formula is C25H24N6O3. The molecule has 1 amide bonds. The third-order valence-electron chi connectivity index (χ3n) is 5.83. The van der Waals surface area contributed by atoms with Gasteiger partial charge in [0.25, 0.3) is 5.56 Å². The van der Waals surface area contributed by atoms with Gasteiger partial charge in [0.15, 0.2) is 5.82 Å². The second-order valence-corrected chi connectivity index (χ2v) is 8.30. The minimum atomic E-state index is -0.281. The summed E-state index contributed by atoms with van der Waals surface area (Å²) in [7, 11) is 0. The van der Waals surface area contributed by atoms with Gasteiger partial charge in [0.2, 0.25) is 11.8 Å². The highest BCUT2D eigenvalue weighted by atomic mass is 16.5. The first kappa shape index (κ1) is 21.6. The number of rotatable bonds is 6. The van der Waals surface area contributed by atoms with E-state index < -0.39 is 0 Å². The molecule has 5 aromatic rings. The van der Waals surface area contributed by atoms with Crippen molar-refractivity contribution in [3.63, 3.8) is 0 Å². The number of hydrogen-bond acceptors (Lipinski definition) is 6. The first-order chi connectivity index (χ1) is 16.4. The predicted octanol–water partition coefficient (Wildman–Crippen LogP) is 3.60. The molecule has 2 aromatic carbocycles. The molecule has 0 spiro atoms. The summed E-state index contributed by atoms with van der Waals surface area (Å²) in [6.45, 7) is 5.92. The molecule has 0 aliphatic carbocycles. The summed E-state index contributed by atoms with van der Waals surface area (Å²) >= 11 is 0. The Balaban J connectivity index is 1.57. The monoisotopic (exact) mass is 456 g/mol. The minimum Gasteiger partial charge on any atom is -0.337 e. The molecule has 0 fully saturated rings. The number of anilines is 1. The average Bonchev–Trinajstić information content (AvgIpc) is 3.41. The quantitative estimate of drug-likeness (QED) is 0.418. The van der Waals surface area contributed by atoms with Crippen LogP contribution in [0.15, 0.2) is 58.1 Å². The maximum absolute atomic E-state index is 13.5. The Morgan fingerprint density at radius 1 is 1.15 bits per heavy atom. The second kappa shape index (κ2) is 8.58. The average molecular weight is 457 g/mol. The van der Waals surface area contributed by atoms with Crippen molar-refractivity contribution in [2.75, 3.05) is 5.32 Å². The van der Waals surface area contributed by atoms with Crippen molar-refractivity contribution in [1.29, 1.82) is 0 Å². The van der Waals surface area contributed by atoms with E-state index in [0.717, 1.165) is 27.7 Å². The van der Waals surface area contributed by atoms with Crippen LogP contribution in [0.2, 0.25) is 0 Å². The van der Waals surface area contributed by atoms with Crippen LogP contribution < -0.4 is 10.9 Å². The molecule has 9 heteroatoms. The molecule has 9 nitrogen and oxygen atoms in total. The molecule has 0 aliphatic heterocycles. The van der Waals surface area contributed by atoms with Crippen molar-refractivity contribution >= 4 is 33.5 Å². The summed E-state index contributed by atoms with van der Waals surface area (Å²) in [4.78, 5) is 35.4. The van der Waals surface area contributed by atoms with Gasteiger partial charge in [0.05, 0.1) is 11.8 Å². The fraction of sp³-hybridized carbons (Fsp3) is 0.240. The minimum absolute atomic E-state index is 0.0289. The Morgan fingerprint density at radius 2 is 1.97 bits per heavy atom. The van der Waals surface area contributed by atoms with Gasteiger partial charge in [-0.05, 0) is 37.1 Å². The first-order valence-corrected chi connectivity index (χ1v) is 11.1.